The molecule has 2 aliphatic rings. The highest BCUT2D eigenvalue weighted by Crippen LogP contribution is 2.15. The van der Waals surface area contributed by atoms with E-state index in [0.29, 0.717) is 6.04 Å². The Morgan fingerprint density at radius 2 is 1.96 bits per heavy atom. The number of hydrogen-bond donors (Lipinski definition) is 2. The largest absolute Gasteiger partial charge is 0.353 e. The Balaban J connectivity index is 0.00000192. The van der Waals surface area contributed by atoms with Gasteiger partial charge in [0.25, 0.3) is 0 Å². The lowest BCUT2D eigenvalue weighted by Gasteiger charge is -2.33. The molecule has 0 aromatic carbocycles. The zero-order chi connectivity index (χ0) is 15.2. The van der Waals surface area contributed by atoms with Crippen molar-refractivity contribution in [2.24, 2.45) is 5.92 Å². The van der Waals surface area contributed by atoms with Crippen molar-refractivity contribution in [3.8, 4) is 0 Å². The molecule has 1 amide bonds. The number of pyridine rings is 1. The Hall–Kier alpha value is -0.590. The van der Waals surface area contributed by atoms with Gasteiger partial charge in [-0.2, -0.15) is 0 Å². The van der Waals surface area contributed by atoms with Gasteiger partial charge in [-0.3, -0.25) is 14.7 Å². The van der Waals surface area contributed by atoms with E-state index in [-0.39, 0.29) is 49.0 Å². The van der Waals surface area contributed by atoms with Crippen molar-refractivity contribution in [1.82, 2.24) is 20.5 Å². The van der Waals surface area contributed by atoms with Gasteiger partial charge in [0.2, 0.25) is 5.91 Å². The summed E-state index contributed by atoms with van der Waals surface area (Å²) in [6.07, 6.45) is 6.07. The number of nitrogens with zero attached hydrogens (tertiary/aromatic N) is 2. The second-order valence-electron chi connectivity index (χ2n) is 6.42. The van der Waals surface area contributed by atoms with Gasteiger partial charge < -0.3 is 10.6 Å². The number of piperidine rings is 2. The number of likely N-dealkylation sites (tertiary alicyclic amines) is 1. The zero-order valence-corrected chi connectivity index (χ0v) is 16.8. The molecular weight excluding hydrogens is 383 g/mol. The Kier molecular flexibility index (Phi) is 12.4. The highest BCUT2D eigenvalue weighted by molar-refractivity contribution is 5.86. The molecule has 2 fully saturated rings. The van der Waals surface area contributed by atoms with Crippen LogP contribution < -0.4 is 10.6 Å². The van der Waals surface area contributed by atoms with Crippen molar-refractivity contribution in [2.75, 3.05) is 26.2 Å². The first-order valence-electron chi connectivity index (χ1n) is 8.44. The van der Waals surface area contributed by atoms with Gasteiger partial charge in [0, 0.05) is 38.4 Å². The fourth-order valence-corrected chi connectivity index (χ4v) is 3.35. The standard InChI is InChI=1S/C17H26N4O.3ClH/c22-17(14-4-3-8-18-12-14)20-15-6-10-21(11-7-15)13-16-5-1-2-9-19-16;;;/h1-2,5,9,14-15,18H,3-4,6-8,10-13H2,(H,20,22);3*1H. The van der Waals surface area contributed by atoms with Crippen molar-refractivity contribution in [2.45, 2.75) is 38.3 Å². The maximum absolute atomic E-state index is 12.3. The van der Waals surface area contributed by atoms with Crippen molar-refractivity contribution < 1.29 is 4.79 Å². The van der Waals surface area contributed by atoms with Crippen molar-refractivity contribution >= 4 is 43.1 Å². The Bertz CT molecular complexity index is 478. The van der Waals surface area contributed by atoms with E-state index in [0.717, 1.165) is 64.1 Å². The summed E-state index contributed by atoms with van der Waals surface area (Å²) in [5.74, 6) is 0.413. The van der Waals surface area contributed by atoms with E-state index in [2.05, 4.69) is 26.6 Å². The van der Waals surface area contributed by atoms with E-state index in [9.17, 15) is 4.79 Å². The second kappa shape index (κ2) is 12.7. The second-order valence-corrected chi connectivity index (χ2v) is 6.42. The number of halogens is 3. The lowest BCUT2D eigenvalue weighted by molar-refractivity contribution is -0.126. The number of hydrogen-bond acceptors (Lipinski definition) is 4. The molecule has 1 atom stereocenters. The van der Waals surface area contributed by atoms with Gasteiger partial charge in [-0.05, 0) is 44.4 Å². The molecule has 2 aliphatic heterocycles. The van der Waals surface area contributed by atoms with Crippen molar-refractivity contribution in [3.05, 3.63) is 30.1 Å². The van der Waals surface area contributed by atoms with Crippen LogP contribution in [0.25, 0.3) is 0 Å². The molecule has 0 saturated carbocycles. The van der Waals surface area contributed by atoms with Crippen molar-refractivity contribution in [3.63, 3.8) is 0 Å². The summed E-state index contributed by atoms with van der Waals surface area (Å²) >= 11 is 0. The number of rotatable bonds is 4. The number of carbonyl (C=O) groups excluding carboxylic acids is 1. The van der Waals surface area contributed by atoms with Gasteiger partial charge in [-0.25, -0.2) is 0 Å². The third-order valence-corrected chi connectivity index (χ3v) is 4.71. The fraction of sp³-hybridized carbons (Fsp3) is 0.647. The number of aromatic nitrogens is 1. The van der Waals surface area contributed by atoms with Crippen LogP contribution >= 0.6 is 37.2 Å². The molecule has 0 bridgehead atoms. The van der Waals surface area contributed by atoms with Crippen LogP contribution in [-0.2, 0) is 11.3 Å². The third kappa shape index (κ3) is 7.67. The van der Waals surface area contributed by atoms with Crippen LogP contribution in [0, 0.1) is 5.92 Å². The minimum Gasteiger partial charge on any atom is -0.353 e. The minimum absolute atomic E-state index is 0. The molecule has 1 unspecified atom stereocenters. The Labute approximate surface area is 168 Å². The molecule has 5 nitrogen and oxygen atoms in total. The molecule has 3 heterocycles. The summed E-state index contributed by atoms with van der Waals surface area (Å²) in [5.41, 5.74) is 1.12. The van der Waals surface area contributed by atoms with Crippen LogP contribution in [0.5, 0.6) is 0 Å². The monoisotopic (exact) mass is 410 g/mol. The molecule has 2 saturated heterocycles. The van der Waals surface area contributed by atoms with Crippen LogP contribution in [0.2, 0.25) is 0 Å². The Morgan fingerprint density at radius 1 is 1.20 bits per heavy atom. The van der Waals surface area contributed by atoms with Gasteiger partial charge in [0.05, 0.1) is 11.6 Å². The summed E-state index contributed by atoms with van der Waals surface area (Å²) in [5, 5.41) is 6.56. The van der Waals surface area contributed by atoms with Crippen LogP contribution in [0.15, 0.2) is 24.4 Å². The van der Waals surface area contributed by atoms with Crippen molar-refractivity contribution in [1.29, 1.82) is 0 Å². The minimum atomic E-state index is 0. The van der Waals surface area contributed by atoms with Gasteiger partial charge in [0.15, 0.2) is 0 Å². The molecule has 0 aliphatic carbocycles. The number of carbonyl (C=O) groups is 1. The third-order valence-electron chi connectivity index (χ3n) is 4.71. The maximum Gasteiger partial charge on any atom is 0.224 e. The predicted molar refractivity (Wildman–Crippen MR) is 108 cm³/mol. The van der Waals surface area contributed by atoms with Gasteiger partial charge in [0.1, 0.15) is 0 Å². The average molecular weight is 412 g/mol. The van der Waals surface area contributed by atoms with Gasteiger partial charge in [-0.15, -0.1) is 37.2 Å². The Morgan fingerprint density at radius 3 is 2.56 bits per heavy atom. The summed E-state index contributed by atoms with van der Waals surface area (Å²) < 4.78 is 0. The van der Waals surface area contributed by atoms with E-state index < -0.39 is 0 Å². The molecule has 25 heavy (non-hydrogen) atoms. The van der Waals surface area contributed by atoms with Gasteiger partial charge >= 0.3 is 0 Å². The molecule has 0 spiro atoms. The summed E-state index contributed by atoms with van der Waals surface area (Å²) in [7, 11) is 0. The van der Waals surface area contributed by atoms with E-state index in [1.165, 1.54) is 0 Å². The molecular formula is C17H29Cl3N4O. The summed E-state index contributed by atoms with van der Waals surface area (Å²) in [6.45, 7) is 4.86. The smallest absolute Gasteiger partial charge is 0.224 e. The molecule has 2 N–H and O–H groups in total. The molecule has 1 aromatic heterocycles. The van der Waals surface area contributed by atoms with Crippen LogP contribution in [0.1, 0.15) is 31.4 Å². The number of amides is 1. The first kappa shape index (κ1) is 24.4. The first-order valence-corrected chi connectivity index (χ1v) is 8.44. The van der Waals surface area contributed by atoms with E-state index in [1.54, 1.807) is 0 Å². The lowest BCUT2D eigenvalue weighted by atomic mass is 9.97. The molecule has 3 rings (SSSR count). The van der Waals surface area contributed by atoms with Gasteiger partial charge in [-0.1, -0.05) is 6.07 Å². The quantitative estimate of drug-likeness (QED) is 0.799. The predicted octanol–water partition coefficient (Wildman–Crippen LogP) is 2.43. The lowest BCUT2D eigenvalue weighted by Crippen LogP contribution is -2.48. The maximum atomic E-state index is 12.3. The molecule has 8 heteroatoms. The average Bonchev–Trinajstić information content (AvgIpc) is 2.58. The van der Waals surface area contributed by atoms with E-state index in [1.807, 2.05) is 18.3 Å². The number of nitrogens with one attached hydrogen (secondary N) is 2. The first-order chi connectivity index (χ1) is 10.8. The van der Waals surface area contributed by atoms with E-state index in [4.69, 9.17) is 0 Å². The van der Waals surface area contributed by atoms with Crippen LogP contribution in [-0.4, -0.2) is 48.0 Å². The fourth-order valence-electron chi connectivity index (χ4n) is 3.35. The van der Waals surface area contributed by atoms with Crippen LogP contribution in [0.3, 0.4) is 0 Å². The topological polar surface area (TPSA) is 57.3 Å². The normalized spacial score (nSPS) is 21.2. The highest BCUT2D eigenvalue weighted by atomic mass is 35.5. The molecule has 1 aromatic rings. The summed E-state index contributed by atoms with van der Waals surface area (Å²) in [6, 6.07) is 6.40. The zero-order valence-electron chi connectivity index (χ0n) is 14.4. The SMILES string of the molecule is Cl.Cl.Cl.O=C(NC1CCN(Cc2ccccn2)CC1)C1CCCNC1. The van der Waals surface area contributed by atoms with Crippen LogP contribution in [0.4, 0.5) is 0 Å². The highest BCUT2D eigenvalue weighted by Gasteiger charge is 2.25. The summed E-state index contributed by atoms with van der Waals surface area (Å²) in [4.78, 5) is 19.1. The molecule has 0 radical (unpaired) electrons. The molecule has 144 valence electrons. The van der Waals surface area contributed by atoms with E-state index >= 15 is 0 Å².